The molecule has 7 heteroatoms. The van der Waals surface area contributed by atoms with Crippen LogP contribution in [0.2, 0.25) is 0 Å². The van der Waals surface area contributed by atoms with E-state index in [1.54, 1.807) is 18.2 Å². The number of imide groups is 1. The van der Waals surface area contributed by atoms with Crippen LogP contribution in [0.25, 0.3) is 0 Å². The molecule has 0 radical (unpaired) electrons. The molecule has 1 aromatic rings. The van der Waals surface area contributed by atoms with Crippen molar-refractivity contribution in [2.45, 2.75) is 32.2 Å². The number of nitrogens with zero attached hydrogens (tertiary/aromatic N) is 1. The van der Waals surface area contributed by atoms with Gasteiger partial charge in [-0.25, -0.2) is 0 Å². The summed E-state index contributed by atoms with van der Waals surface area (Å²) in [5.41, 5.74) is 6.14. The standard InChI is InChI=1S/C16H20BrN3O3/c1-16(2,18)9-19-13(21)4-3-7-20-14(22)11-6-5-10(17)8-12(11)15(20)23/h5-6,8H,3-4,7,9,18H2,1-2H3,(H,19,21). The van der Waals surface area contributed by atoms with Crippen molar-refractivity contribution in [2.24, 2.45) is 5.73 Å². The molecule has 0 aromatic heterocycles. The number of nitrogens with one attached hydrogen (secondary N) is 1. The van der Waals surface area contributed by atoms with E-state index in [0.29, 0.717) is 24.1 Å². The van der Waals surface area contributed by atoms with E-state index >= 15 is 0 Å². The number of nitrogens with two attached hydrogens (primary N) is 1. The Bertz CT molecular complexity index is 652. The highest BCUT2D eigenvalue weighted by Gasteiger charge is 2.35. The molecule has 0 unspecified atom stereocenters. The fourth-order valence-corrected chi connectivity index (χ4v) is 2.64. The first kappa shape index (κ1) is 17.6. The Labute approximate surface area is 143 Å². The molecule has 1 aliphatic rings. The maximum Gasteiger partial charge on any atom is 0.261 e. The molecule has 2 rings (SSSR count). The van der Waals surface area contributed by atoms with Gasteiger partial charge in [0.15, 0.2) is 0 Å². The molecule has 0 bridgehead atoms. The summed E-state index contributed by atoms with van der Waals surface area (Å²) in [6.45, 7) is 4.25. The first-order valence-corrected chi connectivity index (χ1v) is 8.20. The maximum atomic E-state index is 12.3. The summed E-state index contributed by atoms with van der Waals surface area (Å²) in [7, 11) is 0. The fourth-order valence-electron chi connectivity index (χ4n) is 2.28. The molecule has 3 amide bonds. The third-order valence-electron chi connectivity index (χ3n) is 3.46. The summed E-state index contributed by atoms with van der Waals surface area (Å²) in [5, 5.41) is 2.74. The summed E-state index contributed by atoms with van der Waals surface area (Å²) >= 11 is 3.29. The predicted molar refractivity (Wildman–Crippen MR) is 90.0 cm³/mol. The predicted octanol–water partition coefficient (Wildman–Crippen LogP) is 1.68. The van der Waals surface area contributed by atoms with Crippen LogP contribution in [0.15, 0.2) is 22.7 Å². The summed E-state index contributed by atoms with van der Waals surface area (Å²) < 4.78 is 0.753. The molecule has 1 aliphatic heterocycles. The zero-order valence-corrected chi connectivity index (χ0v) is 14.8. The Hall–Kier alpha value is -1.73. The molecular weight excluding hydrogens is 362 g/mol. The average molecular weight is 382 g/mol. The molecule has 0 saturated carbocycles. The molecule has 0 fully saturated rings. The molecule has 23 heavy (non-hydrogen) atoms. The number of hydrogen-bond donors (Lipinski definition) is 2. The van der Waals surface area contributed by atoms with Gasteiger partial charge in [-0.3, -0.25) is 19.3 Å². The van der Waals surface area contributed by atoms with E-state index in [9.17, 15) is 14.4 Å². The fraction of sp³-hybridized carbons (Fsp3) is 0.438. The zero-order valence-electron chi connectivity index (χ0n) is 13.2. The summed E-state index contributed by atoms with van der Waals surface area (Å²) in [6.07, 6.45) is 0.663. The number of rotatable bonds is 6. The molecule has 6 nitrogen and oxygen atoms in total. The van der Waals surface area contributed by atoms with Gasteiger partial charge in [-0.05, 0) is 38.5 Å². The Kier molecular flexibility index (Phi) is 5.21. The van der Waals surface area contributed by atoms with Crippen molar-refractivity contribution in [2.75, 3.05) is 13.1 Å². The highest BCUT2D eigenvalue weighted by atomic mass is 79.9. The Morgan fingerprint density at radius 2 is 1.91 bits per heavy atom. The first-order valence-electron chi connectivity index (χ1n) is 7.40. The number of carbonyl (C=O) groups is 3. The van der Waals surface area contributed by atoms with Gasteiger partial charge in [0.1, 0.15) is 0 Å². The van der Waals surface area contributed by atoms with Gasteiger partial charge < -0.3 is 11.1 Å². The molecule has 3 N–H and O–H groups in total. The van der Waals surface area contributed by atoms with E-state index in [2.05, 4.69) is 21.2 Å². The number of carbonyl (C=O) groups excluding carboxylic acids is 3. The maximum absolute atomic E-state index is 12.3. The minimum Gasteiger partial charge on any atom is -0.354 e. The number of fused-ring (bicyclic) bond motifs is 1. The molecule has 0 saturated heterocycles. The normalized spacial score (nSPS) is 14.2. The lowest BCUT2D eigenvalue weighted by molar-refractivity contribution is -0.121. The Balaban J connectivity index is 1.87. The van der Waals surface area contributed by atoms with Gasteiger partial charge in [0.25, 0.3) is 11.8 Å². The Morgan fingerprint density at radius 1 is 1.26 bits per heavy atom. The van der Waals surface area contributed by atoms with E-state index in [4.69, 9.17) is 5.73 Å². The second-order valence-corrected chi connectivity index (χ2v) is 7.24. The van der Waals surface area contributed by atoms with E-state index in [-0.39, 0.29) is 30.7 Å². The summed E-state index contributed by atoms with van der Waals surface area (Å²) in [6, 6.07) is 5.01. The first-order chi connectivity index (χ1) is 10.7. The lowest BCUT2D eigenvalue weighted by Gasteiger charge is -2.19. The highest BCUT2D eigenvalue weighted by Crippen LogP contribution is 2.26. The molecule has 0 aliphatic carbocycles. The van der Waals surface area contributed by atoms with Gasteiger partial charge >= 0.3 is 0 Å². The van der Waals surface area contributed by atoms with Crippen LogP contribution in [0.4, 0.5) is 0 Å². The molecule has 1 heterocycles. The lowest BCUT2D eigenvalue weighted by Crippen LogP contribution is -2.45. The molecule has 0 atom stereocenters. The molecule has 124 valence electrons. The van der Waals surface area contributed by atoms with Gasteiger partial charge in [0.05, 0.1) is 11.1 Å². The summed E-state index contributed by atoms with van der Waals surface area (Å²) in [5.74, 6) is -0.751. The number of hydrogen-bond acceptors (Lipinski definition) is 4. The zero-order chi connectivity index (χ0) is 17.2. The van der Waals surface area contributed by atoms with Crippen LogP contribution in [-0.2, 0) is 4.79 Å². The van der Waals surface area contributed by atoms with Crippen molar-refractivity contribution in [3.8, 4) is 0 Å². The van der Waals surface area contributed by atoms with Crippen molar-refractivity contribution >= 4 is 33.7 Å². The SMILES string of the molecule is CC(C)(N)CNC(=O)CCCN1C(=O)c2ccc(Br)cc2C1=O. The lowest BCUT2D eigenvalue weighted by atomic mass is 10.1. The van der Waals surface area contributed by atoms with Crippen molar-refractivity contribution in [1.82, 2.24) is 10.2 Å². The largest absolute Gasteiger partial charge is 0.354 e. The van der Waals surface area contributed by atoms with Crippen LogP contribution in [0.5, 0.6) is 0 Å². The number of benzene rings is 1. The van der Waals surface area contributed by atoms with Crippen LogP contribution in [0.3, 0.4) is 0 Å². The topological polar surface area (TPSA) is 92.5 Å². The highest BCUT2D eigenvalue weighted by molar-refractivity contribution is 9.10. The smallest absolute Gasteiger partial charge is 0.261 e. The third kappa shape index (κ3) is 4.39. The minimum absolute atomic E-state index is 0.136. The quantitative estimate of drug-likeness (QED) is 0.733. The van der Waals surface area contributed by atoms with Crippen molar-refractivity contribution in [3.05, 3.63) is 33.8 Å². The van der Waals surface area contributed by atoms with Crippen LogP contribution < -0.4 is 11.1 Å². The monoisotopic (exact) mass is 381 g/mol. The van der Waals surface area contributed by atoms with Crippen molar-refractivity contribution in [1.29, 1.82) is 0 Å². The minimum atomic E-state index is -0.467. The van der Waals surface area contributed by atoms with Crippen molar-refractivity contribution in [3.63, 3.8) is 0 Å². The van der Waals surface area contributed by atoms with Gasteiger partial charge in [-0.2, -0.15) is 0 Å². The second-order valence-electron chi connectivity index (χ2n) is 6.32. The van der Waals surface area contributed by atoms with Crippen LogP contribution in [0.1, 0.15) is 47.4 Å². The van der Waals surface area contributed by atoms with Crippen LogP contribution in [0, 0.1) is 0 Å². The van der Waals surface area contributed by atoms with Gasteiger partial charge in [-0.1, -0.05) is 15.9 Å². The van der Waals surface area contributed by atoms with Crippen LogP contribution in [-0.4, -0.2) is 41.2 Å². The molecule has 0 spiro atoms. The summed E-state index contributed by atoms with van der Waals surface area (Å²) in [4.78, 5) is 37.4. The number of halogens is 1. The van der Waals surface area contributed by atoms with Gasteiger partial charge in [-0.15, -0.1) is 0 Å². The van der Waals surface area contributed by atoms with E-state index in [0.717, 1.165) is 4.47 Å². The Morgan fingerprint density at radius 3 is 2.57 bits per heavy atom. The van der Waals surface area contributed by atoms with Gasteiger partial charge in [0.2, 0.25) is 5.91 Å². The van der Waals surface area contributed by atoms with Crippen LogP contribution >= 0.6 is 15.9 Å². The number of amides is 3. The van der Waals surface area contributed by atoms with E-state index < -0.39 is 5.54 Å². The van der Waals surface area contributed by atoms with E-state index in [1.165, 1.54) is 4.90 Å². The molecular formula is C16H20BrN3O3. The molecule has 1 aromatic carbocycles. The second kappa shape index (κ2) is 6.80. The van der Waals surface area contributed by atoms with E-state index in [1.807, 2.05) is 13.8 Å². The van der Waals surface area contributed by atoms with Gasteiger partial charge in [0, 0.05) is 29.5 Å². The van der Waals surface area contributed by atoms with Crippen molar-refractivity contribution < 1.29 is 14.4 Å². The third-order valence-corrected chi connectivity index (χ3v) is 3.95. The average Bonchev–Trinajstić information content (AvgIpc) is 2.69.